The highest BCUT2D eigenvalue weighted by Gasteiger charge is 2.17. The van der Waals surface area contributed by atoms with Crippen LogP contribution in [-0.4, -0.2) is 41.4 Å². The molecular weight excluding hydrogens is 267 g/mol. The summed E-state index contributed by atoms with van der Waals surface area (Å²) in [5.74, 6) is 0.753. The minimum absolute atomic E-state index is 0.171. The molecule has 1 heterocycles. The number of hydrogen-bond acceptors (Lipinski definition) is 2. The van der Waals surface area contributed by atoms with Crippen LogP contribution in [0, 0.1) is 5.92 Å². The van der Waals surface area contributed by atoms with Gasteiger partial charge in [0.1, 0.15) is 0 Å². The maximum Gasteiger partial charge on any atom is 0.234 e. The van der Waals surface area contributed by atoms with E-state index in [0.29, 0.717) is 12.5 Å². The van der Waals surface area contributed by atoms with Crippen molar-refractivity contribution in [2.75, 3.05) is 30.6 Å². The van der Waals surface area contributed by atoms with E-state index in [1.807, 2.05) is 0 Å². The van der Waals surface area contributed by atoms with E-state index in [2.05, 4.69) is 39.7 Å². The Morgan fingerprint density at radius 2 is 2.50 bits per heavy atom. The minimum atomic E-state index is 0.171. The Morgan fingerprint density at radius 1 is 1.75 bits per heavy atom. The zero-order chi connectivity index (χ0) is 8.97. The fourth-order valence-electron chi connectivity index (χ4n) is 1.41. The lowest BCUT2D eigenvalue weighted by molar-refractivity contribution is -0.121. The second kappa shape index (κ2) is 5.01. The Balaban J connectivity index is 2.43. The molecule has 0 bridgehead atoms. The first-order valence-corrected chi connectivity index (χ1v) is 5.80. The van der Waals surface area contributed by atoms with Gasteiger partial charge in [-0.1, -0.05) is 29.5 Å². The SMILES string of the molecule is CC1CNC(=O)CN(CCI)C1. The number of rotatable bonds is 2. The van der Waals surface area contributed by atoms with E-state index in [1.165, 1.54) is 0 Å². The van der Waals surface area contributed by atoms with E-state index in [9.17, 15) is 4.79 Å². The summed E-state index contributed by atoms with van der Waals surface area (Å²) in [5.41, 5.74) is 0. The number of halogens is 1. The van der Waals surface area contributed by atoms with Crippen molar-refractivity contribution in [1.29, 1.82) is 0 Å². The number of nitrogens with zero attached hydrogens (tertiary/aromatic N) is 1. The maximum absolute atomic E-state index is 11.2. The van der Waals surface area contributed by atoms with Crippen LogP contribution in [0.3, 0.4) is 0 Å². The van der Waals surface area contributed by atoms with Crippen molar-refractivity contribution < 1.29 is 4.79 Å². The van der Waals surface area contributed by atoms with Gasteiger partial charge in [0.2, 0.25) is 5.91 Å². The topological polar surface area (TPSA) is 32.3 Å². The molecule has 1 aliphatic heterocycles. The standard InChI is InChI=1S/C8H15IN2O/c1-7-4-10-8(12)6-11(5-7)3-2-9/h7H,2-6H2,1H3,(H,10,12). The van der Waals surface area contributed by atoms with Gasteiger partial charge in [0.05, 0.1) is 6.54 Å². The number of hydrogen-bond donors (Lipinski definition) is 1. The van der Waals surface area contributed by atoms with Crippen molar-refractivity contribution in [2.24, 2.45) is 5.92 Å². The Kier molecular flexibility index (Phi) is 4.28. The first-order valence-electron chi connectivity index (χ1n) is 4.27. The minimum Gasteiger partial charge on any atom is -0.355 e. The van der Waals surface area contributed by atoms with Crippen LogP contribution in [0.4, 0.5) is 0 Å². The highest BCUT2D eigenvalue weighted by molar-refractivity contribution is 14.1. The quantitative estimate of drug-likeness (QED) is 0.590. The van der Waals surface area contributed by atoms with Gasteiger partial charge in [0, 0.05) is 24.1 Å². The van der Waals surface area contributed by atoms with Crippen LogP contribution in [-0.2, 0) is 4.79 Å². The average Bonchev–Trinajstić information content (AvgIpc) is 2.14. The molecule has 12 heavy (non-hydrogen) atoms. The molecule has 1 saturated heterocycles. The van der Waals surface area contributed by atoms with Crippen molar-refractivity contribution in [3.8, 4) is 0 Å². The summed E-state index contributed by atoms with van der Waals surface area (Å²) in [7, 11) is 0. The Morgan fingerprint density at radius 3 is 3.17 bits per heavy atom. The molecule has 0 aromatic carbocycles. The summed E-state index contributed by atoms with van der Waals surface area (Å²) in [6, 6.07) is 0. The van der Waals surface area contributed by atoms with Gasteiger partial charge >= 0.3 is 0 Å². The molecule has 1 atom stereocenters. The molecule has 0 radical (unpaired) electrons. The third-order valence-corrected chi connectivity index (χ3v) is 2.47. The highest BCUT2D eigenvalue weighted by Crippen LogP contribution is 2.03. The summed E-state index contributed by atoms with van der Waals surface area (Å²) >= 11 is 2.34. The summed E-state index contributed by atoms with van der Waals surface area (Å²) in [5, 5.41) is 2.90. The summed E-state index contributed by atoms with van der Waals surface area (Å²) in [6.07, 6.45) is 0. The lowest BCUT2D eigenvalue weighted by Gasteiger charge is -2.19. The second-order valence-corrected chi connectivity index (χ2v) is 4.41. The van der Waals surface area contributed by atoms with Gasteiger partial charge in [-0.15, -0.1) is 0 Å². The zero-order valence-electron chi connectivity index (χ0n) is 7.35. The van der Waals surface area contributed by atoms with Gasteiger partial charge in [-0.3, -0.25) is 9.69 Å². The number of carbonyl (C=O) groups excluding carboxylic acids is 1. The van der Waals surface area contributed by atoms with Crippen LogP contribution in [0.5, 0.6) is 0 Å². The van der Waals surface area contributed by atoms with E-state index in [4.69, 9.17) is 0 Å². The summed E-state index contributed by atoms with van der Waals surface area (Å²) in [4.78, 5) is 13.4. The van der Waals surface area contributed by atoms with Crippen molar-refractivity contribution in [3.05, 3.63) is 0 Å². The van der Waals surface area contributed by atoms with Crippen molar-refractivity contribution in [3.63, 3.8) is 0 Å². The molecule has 1 unspecified atom stereocenters. The fourth-order valence-corrected chi connectivity index (χ4v) is 2.09. The van der Waals surface area contributed by atoms with Crippen LogP contribution >= 0.6 is 22.6 Å². The fraction of sp³-hybridized carbons (Fsp3) is 0.875. The average molecular weight is 282 g/mol. The molecule has 0 aromatic rings. The van der Waals surface area contributed by atoms with Gasteiger partial charge in [0.15, 0.2) is 0 Å². The Bertz CT molecular complexity index is 163. The zero-order valence-corrected chi connectivity index (χ0v) is 9.50. The predicted molar refractivity (Wildman–Crippen MR) is 57.5 cm³/mol. The van der Waals surface area contributed by atoms with Crippen molar-refractivity contribution in [1.82, 2.24) is 10.2 Å². The lowest BCUT2D eigenvalue weighted by Crippen LogP contribution is -2.34. The molecule has 0 aliphatic carbocycles. The largest absolute Gasteiger partial charge is 0.355 e. The lowest BCUT2D eigenvalue weighted by atomic mass is 10.2. The van der Waals surface area contributed by atoms with Crippen LogP contribution in [0.1, 0.15) is 6.92 Å². The predicted octanol–water partition coefficient (Wildman–Crippen LogP) is 0.489. The molecule has 4 heteroatoms. The van der Waals surface area contributed by atoms with Crippen molar-refractivity contribution in [2.45, 2.75) is 6.92 Å². The van der Waals surface area contributed by atoms with E-state index in [-0.39, 0.29) is 5.91 Å². The molecule has 70 valence electrons. The summed E-state index contributed by atoms with van der Waals surface area (Å²) < 4.78 is 1.10. The maximum atomic E-state index is 11.2. The number of carbonyl (C=O) groups is 1. The van der Waals surface area contributed by atoms with E-state index >= 15 is 0 Å². The van der Waals surface area contributed by atoms with Gasteiger partial charge in [0.25, 0.3) is 0 Å². The third kappa shape index (κ3) is 3.26. The van der Waals surface area contributed by atoms with E-state index in [1.54, 1.807) is 0 Å². The first kappa shape index (κ1) is 10.2. The van der Waals surface area contributed by atoms with Crippen molar-refractivity contribution >= 4 is 28.5 Å². The molecule has 1 fully saturated rings. The highest BCUT2D eigenvalue weighted by atomic mass is 127. The molecule has 0 saturated carbocycles. The van der Waals surface area contributed by atoms with E-state index < -0.39 is 0 Å². The molecule has 0 spiro atoms. The number of alkyl halides is 1. The number of amides is 1. The molecule has 1 aliphatic rings. The molecule has 3 nitrogen and oxygen atoms in total. The molecular formula is C8H15IN2O. The van der Waals surface area contributed by atoms with Gasteiger partial charge in [-0.2, -0.15) is 0 Å². The van der Waals surface area contributed by atoms with Crippen LogP contribution < -0.4 is 5.32 Å². The van der Waals surface area contributed by atoms with E-state index in [0.717, 1.165) is 24.1 Å². The normalized spacial score (nSPS) is 26.5. The Labute approximate surface area is 87.0 Å². The smallest absolute Gasteiger partial charge is 0.234 e. The summed E-state index contributed by atoms with van der Waals surface area (Å²) in [6.45, 7) is 5.65. The molecule has 1 N–H and O–H groups in total. The van der Waals surface area contributed by atoms with Crippen LogP contribution in [0.2, 0.25) is 0 Å². The molecule has 1 amide bonds. The Hall–Kier alpha value is 0.160. The monoisotopic (exact) mass is 282 g/mol. The number of nitrogens with one attached hydrogen (secondary N) is 1. The second-order valence-electron chi connectivity index (χ2n) is 3.33. The first-order chi connectivity index (χ1) is 5.72. The van der Waals surface area contributed by atoms with Gasteiger partial charge in [-0.05, 0) is 5.92 Å². The molecule has 1 rings (SSSR count). The molecule has 0 aromatic heterocycles. The van der Waals surface area contributed by atoms with Gasteiger partial charge in [-0.25, -0.2) is 0 Å². The third-order valence-electron chi connectivity index (χ3n) is 1.99. The van der Waals surface area contributed by atoms with Crippen LogP contribution in [0.25, 0.3) is 0 Å². The van der Waals surface area contributed by atoms with Gasteiger partial charge < -0.3 is 5.32 Å². The van der Waals surface area contributed by atoms with Crippen LogP contribution in [0.15, 0.2) is 0 Å².